The highest BCUT2D eigenvalue weighted by atomic mass is 35.5. The lowest BCUT2D eigenvalue weighted by Gasteiger charge is -2.28. The van der Waals surface area contributed by atoms with Crippen molar-refractivity contribution in [3.8, 4) is 5.88 Å². The van der Waals surface area contributed by atoms with Crippen LogP contribution in [0, 0.1) is 5.92 Å². The summed E-state index contributed by atoms with van der Waals surface area (Å²) in [5, 5.41) is 11.8. The molecular weight excluding hydrogens is 492 g/mol. The van der Waals surface area contributed by atoms with Crippen LogP contribution in [0.25, 0.3) is 0 Å². The first-order valence-electron chi connectivity index (χ1n) is 11.9. The van der Waals surface area contributed by atoms with Crippen LogP contribution in [-0.4, -0.2) is 51.2 Å². The molecule has 3 rings (SSSR count). The van der Waals surface area contributed by atoms with Gasteiger partial charge in [0.1, 0.15) is 0 Å². The molecule has 0 unspecified atom stereocenters. The van der Waals surface area contributed by atoms with E-state index in [1.54, 1.807) is 0 Å². The molecule has 198 valence electrons. The van der Waals surface area contributed by atoms with E-state index < -0.39 is 11.7 Å². The van der Waals surface area contributed by atoms with Crippen molar-refractivity contribution in [3.63, 3.8) is 0 Å². The summed E-state index contributed by atoms with van der Waals surface area (Å²) in [6.07, 6.45) is 8.62. The molecular formula is C22H33ClN8O5. The van der Waals surface area contributed by atoms with Gasteiger partial charge in [-0.2, -0.15) is 0 Å². The summed E-state index contributed by atoms with van der Waals surface area (Å²) in [6, 6.07) is 0. The first-order valence-corrected chi connectivity index (χ1v) is 12.3. The van der Waals surface area contributed by atoms with Gasteiger partial charge >= 0.3 is 5.76 Å². The highest BCUT2D eigenvalue weighted by Gasteiger charge is 2.21. The average Bonchev–Trinajstić information content (AvgIpc) is 3.16. The average molecular weight is 525 g/mol. The van der Waals surface area contributed by atoms with Crippen LogP contribution in [0.4, 0.5) is 11.6 Å². The number of aromatic hydroxyl groups is 1. The Hall–Kier alpha value is -3.32. The second-order valence-electron chi connectivity index (χ2n) is 8.75. The van der Waals surface area contributed by atoms with Crippen LogP contribution in [0.3, 0.4) is 0 Å². The minimum absolute atomic E-state index is 0.0272. The summed E-state index contributed by atoms with van der Waals surface area (Å²) in [5.74, 6) is -0.811. The number of guanidine groups is 1. The molecule has 2 heterocycles. The first kappa shape index (κ1) is 27.3. The molecule has 1 amide bonds. The number of carbonyl (C=O) groups is 1. The number of hydrogen-bond donors (Lipinski definition) is 6. The molecule has 9 N–H and O–H groups in total. The van der Waals surface area contributed by atoms with E-state index in [1.807, 2.05) is 0 Å². The predicted octanol–water partition coefficient (Wildman–Crippen LogP) is 1.70. The number of hydrogen-bond acceptors (Lipinski definition) is 10. The topological polar surface area (TPSA) is 221 Å². The van der Waals surface area contributed by atoms with E-state index >= 15 is 0 Å². The molecule has 1 fully saturated rings. The Kier molecular flexibility index (Phi) is 9.94. The summed E-state index contributed by atoms with van der Waals surface area (Å²) in [6.45, 7) is 1.05. The van der Waals surface area contributed by atoms with Crippen molar-refractivity contribution in [2.75, 3.05) is 24.6 Å². The van der Waals surface area contributed by atoms with Crippen LogP contribution in [0.1, 0.15) is 67.6 Å². The molecule has 0 bridgehead atoms. The number of aromatic nitrogens is 3. The molecule has 2 aromatic heterocycles. The van der Waals surface area contributed by atoms with Crippen molar-refractivity contribution in [1.29, 1.82) is 0 Å². The lowest BCUT2D eigenvalue weighted by Crippen LogP contribution is -2.38. The largest absolute Gasteiger partial charge is 0.492 e. The second-order valence-corrected chi connectivity index (χ2v) is 9.11. The monoisotopic (exact) mass is 524 g/mol. The van der Waals surface area contributed by atoms with Gasteiger partial charge in [-0.15, -0.1) is 0 Å². The number of anilines is 2. The van der Waals surface area contributed by atoms with Crippen molar-refractivity contribution in [1.82, 2.24) is 20.3 Å². The van der Waals surface area contributed by atoms with Crippen LogP contribution >= 0.6 is 11.6 Å². The molecule has 14 heteroatoms. The SMILES string of the molecule is NC(=NCCCCC1CCC(OCCCc2oc(=O)[nH]c2O)CC1)NC(=O)c1nc(Cl)c(N)nc1N. The van der Waals surface area contributed by atoms with Gasteiger partial charge < -0.3 is 31.5 Å². The molecule has 0 radical (unpaired) electrons. The molecule has 0 saturated heterocycles. The number of nitrogens with two attached hydrogens (primary N) is 3. The van der Waals surface area contributed by atoms with Gasteiger partial charge in [0.2, 0.25) is 5.88 Å². The lowest BCUT2D eigenvalue weighted by molar-refractivity contribution is 0.0155. The normalized spacial score (nSPS) is 18.3. The molecule has 1 aliphatic rings. The standard InChI is InChI=1S/C22H33ClN8O5/c23-16-18(25)29-17(24)15(28-16)20(33)30-21(26)27-10-2-1-4-12-6-8-13(9-7-12)35-11-3-5-14-19(32)31-22(34)36-14/h12-13,32H,1-11H2,(H,31,34)(H4,24,25,29)(H3,26,27,30,33). The van der Waals surface area contributed by atoms with Crippen molar-refractivity contribution in [2.24, 2.45) is 16.6 Å². The number of ether oxygens (including phenoxy) is 1. The van der Waals surface area contributed by atoms with Crippen molar-refractivity contribution >= 4 is 35.1 Å². The number of nitrogens with one attached hydrogen (secondary N) is 2. The Balaban J connectivity index is 1.25. The van der Waals surface area contributed by atoms with Gasteiger partial charge in [0, 0.05) is 19.6 Å². The summed E-state index contributed by atoms with van der Waals surface area (Å²) in [4.78, 5) is 37.2. The fourth-order valence-electron chi connectivity index (χ4n) is 4.16. The summed E-state index contributed by atoms with van der Waals surface area (Å²) in [5.41, 5.74) is 16.8. The number of H-pyrrole nitrogens is 1. The molecule has 0 spiro atoms. The molecule has 0 aliphatic heterocycles. The Bertz CT molecular complexity index is 1110. The van der Waals surface area contributed by atoms with Crippen LogP contribution < -0.4 is 28.3 Å². The third-order valence-corrected chi connectivity index (χ3v) is 6.34. The number of carbonyl (C=O) groups excluding carboxylic acids is 1. The van der Waals surface area contributed by atoms with Gasteiger partial charge in [-0.25, -0.2) is 14.8 Å². The maximum Gasteiger partial charge on any atom is 0.419 e. The maximum atomic E-state index is 12.2. The number of nitrogens with zero attached hydrogens (tertiary/aromatic N) is 3. The zero-order chi connectivity index (χ0) is 26.1. The van der Waals surface area contributed by atoms with Crippen molar-refractivity contribution in [2.45, 2.75) is 63.9 Å². The maximum absolute atomic E-state index is 12.2. The summed E-state index contributed by atoms with van der Waals surface area (Å²) >= 11 is 5.79. The molecule has 36 heavy (non-hydrogen) atoms. The van der Waals surface area contributed by atoms with Gasteiger partial charge in [0.25, 0.3) is 5.91 Å². The number of halogens is 1. The molecule has 13 nitrogen and oxygen atoms in total. The number of aryl methyl sites for hydroxylation is 1. The minimum atomic E-state index is -0.656. The molecule has 0 aromatic carbocycles. The molecule has 2 aromatic rings. The van der Waals surface area contributed by atoms with E-state index in [2.05, 4.69) is 25.3 Å². The van der Waals surface area contributed by atoms with E-state index in [0.29, 0.717) is 31.9 Å². The van der Waals surface area contributed by atoms with Crippen LogP contribution in [-0.2, 0) is 11.2 Å². The van der Waals surface area contributed by atoms with Crippen LogP contribution in [0.5, 0.6) is 5.88 Å². The third kappa shape index (κ3) is 8.12. The number of nitrogen functional groups attached to an aromatic ring is 2. The van der Waals surface area contributed by atoms with E-state index in [9.17, 15) is 14.7 Å². The van der Waals surface area contributed by atoms with E-state index in [-0.39, 0.29) is 46.2 Å². The zero-order valence-corrected chi connectivity index (χ0v) is 20.7. The zero-order valence-electron chi connectivity index (χ0n) is 20.0. The Morgan fingerprint density at radius 3 is 2.64 bits per heavy atom. The van der Waals surface area contributed by atoms with Gasteiger partial charge in [-0.1, -0.05) is 24.4 Å². The Labute approximate surface area is 212 Å². The van der Waals surface area contributed by atoms with Gasteiger partial charge in [0.05, 0.1) is 6.10 Å². The van der Waals surface area contributed by atoms with Crippen molar-refractivity contribution < 1.29 is 19.1 Å². The Morgan fingerprint density at radius 1 is 1.19 bits per heavy atom. The van der Waals surface area contributed by atoms with Gasteiger partial charge in [-0.3, -0.25) is 20.1 Å². The highest BCUT2D eigenvalue weighted by Crippen LogP contribution is 2.30. The minimum Gasteiger partial charge on any atom is -0.492 e. The van der Waals surface area contributed by atoms with Gasteiger partial charge in [0.15, 0.2) is 34.2 Å². The van der Waals surface area contributed by atoms with E-state index in [1.165, 1.54) is 0 Å². The smallest absolute Gasteiger partial charge is 0.419 e. The second kappa shape index (κ2) is 13.1. The number of amides is 1. The predicted molar refractivity (Wildman–Crippen MR) is 135 cm³/mol. The quantitative estimate of drug-likeness (QED) is 0.142. The van der Waals surface area contributed by atoms with Crippen LogP contribution in [0.2, 0.25) is 5.15 Å². The van der Waals surface area contributed by atoms with Crippen LogP contribution in [0.15, 0.2) is 14.2 Å². The fourth-order valence-corrected chi connectivity index (χ4v) is 4.29. The van der Waals surface area contributed by atoms with E-state index in [0.717, 1.165) is 44.9 Å². The lowest BCUT2D eigenvalue weighted by atomic mass is 9.84. The molecule has 1 aliphatic carbocycles. The third-order valence-electron chi connectivity index (χ3n) is 6.06. The Morgan fingerprint density at radius 2 is 1.94 bits per heavy atom. The van der Waals surface area contributed by atoms with Crippen molar-refractivity contribution in [3.05, 3.63) is 27.2 Å². The fraction of sp³-hybridized carbons (Fsp3) is 0.591. The number of oxazole rings is 1. The summed E-state index contributed by atoms with van der Waals surface area (Å²) < 4.78 is 10.8. The van der Waals surface area contributed by atoms with E-state index in [4.69, 9.17) is 38.0 Å². The summed E-state index contributed by atoms with van der Waals surface area (Å²) in [7, 11) is 0. The number of unbranched alkanes of at least 4 members (excludes halogenated alkanes) is 1. The number of aromatic amines is 1. The first-order chi connectivity index (χ1) is 17.2. The van der Waals surface area contributed by atoms with Gasteiger partial charge in [-0.05, 0) is 44.4 Å². The molecule has 1 saturated carbocycles. The number of rotatable bonds is 11. The molecule has 0 atom stereocenters. The highest BCUT2D eigenvalue weighted by molar-refractivity contribution is 6.31. The number of aliphatic imine (C=N–C) groups is 1.